The van der Waals surface area contributed by atoms with Crippen LogP contribution < -0.4 is 10.2 Å². The molecule has 1 N–H and O–H groups in total. The summed E-state index contributed by atoms with van der Waals surface area (Å²) < 4.78 is 0. The van der Waals surface area contributed by atoms with Crippen molar-refractivity contribution in [2.75, 3.05) is 45.2 Å². The molecule has 6 nitrogen and oxygen atoms in total. The highest BCUT2D eigenvalue weighted by Gasteiger charge is 2.28. The molecule has 0 unspecified atom stereocenters. The Morgan fingerprint density at radius 3 is 2.15 bits per heavy atom. The standard InChI is InChI=1S/C20H30N4O2/c1-22(2)18-7-5-16(6-8-18)15-19(25)21-17-9-13-24(14-10-17)20(26)23-11-3-4-12-23/h5-8,17H,3-4,9-15H2,1-2H3,(H,21,25). The second-order valence-electron chi connectivity index (χ2n) is 7.54. The number of hydrogen-bond donors (Lipinski definition) is 1. The summed E-state index contributed by atoms with van der Waals surface area (Å²) in [6, 6.07) is 8.42. The van der Waals surface area contributed by atoms with Gasteiger partial charge < -0.3 is 20.0 Å². The van der Waals surface area contributed by atoms with Gasteiger partial charge in [0, 0.05) is 52.0 Å². The van der Waals surface area contributed by atoms with E-state index in [4.69, 9.17) is 0 Å². The Kier molecular flexibility index (Phi) is 6.01. The van der Waals surface area contributed by atoms with Gasteiger partial charge in [0.2, 0.25) is 5.91 Å². The quantitative estimate of drug-likeness (QED) is 0.897. The first kappa shape index (κ1) is 18.5. The molecule has 3 amide bonds. The number of rotatable bonds is 4. The molecule has 6 heteroatoms. The van der Waals surface area contributed by atoms with E-state index in [1.165, 1.54) is 0 Å². The van der Waals surface area contributed by atoms with Gasteiger partial charge >= 0.3 is 6.03 Å². The Hall–Kier alpha value is -2.24. The second kappa shape index (κ2) is 8.43. The predicted molar refractivity (Wildman–Crippen MR) is 103 cm³/mol. The van der Waals surface area contributed by atoms with Crippen LogP contribution in [0.3, 0.4) is 0 Å². The van der Waals surface area contributed by atoms with E-state index < -0.39 is 0 Å². The number of piperidine rings is 1. The van der Waals surface area contributed by atoms with Gasteiger partial charge in [0.25, 0.3) is 0 Å². The van der Waals surface area contributed by atoms with Crippen LogP contribution >= 0.6 is 0 Å². The summed E-state index contributed by atoms with van der Waals surface area (Å²) in [5.41, 5.74) is 2.15. The van der Waals surface area contributed by atoms with E-state index in [2.05, 4.69) is 5.32 Å². The molecule has 0 spiro atoms. The first-order valence-corrected chi connectivity index (χ1v) is 9.62. The molecule has 2 heterocycles. The number of anilines is 1. The van der Waals surface area contributed by atoms with Crippen LogP contribution in [0.5, 0.6) is 0 Å². The average molecular weight is 358 g/mol. The molecule has 0 bridgehead atoms. The van der Waals surface area contributed by atoms with Gasteiger partial charge in [-0.25, -0.2) is 4.79 Å². The van der Waals surface area contributed by atoms with Gasteiger partial charge in [0.15, 0.2) is 0 Å². The first-order valence-electron chi connectivity index (χ1n) is 9.62. The summed E-state index contributed by atoms with van der Waals surface area (Å²) in [5.74, 6) is 0.0620. The maximum absolute atomic E-state index is 12.4. The molecular weight excluding hydrogens is 328 g/mol. The first-order chi connectivity index (χ1) is 12.5. The molecule has 0 aromatic heterocycles. The lowest BCUT2D eigenvalue weighted by molar-refractivity contribution is -0.121. The smallest absolute Gasteiger partial charge is 0.319 e. The predicted octanol–water partition coefficient (Wildman–Crippen LogP) is 2.09. The molecule has 0 atom stereocenters. The highest BCUT2D eigenvalue weighted by atomic mass is 16.2. The van der Waals surface area contributed by atoms with Gasteiger partial charge in [-0.3, -0.25) is 4.79 Å². The maximum atomic E-state index is 12.4. The third kappa shape index (κ3) is 4.68. The van der Waals surface area contributed by atoms with Gasteiger partial charge in [0.05, 0.1) is 6.42 Å². The fourth-order valence-electron chi connectivity index (χ4n) is 3.70. The van der Waals surface area contributed by atoms with Crippen molar-refractivity contribution in [1.29, 1.82) is 0 Å². The van der Waals surface area contributed by atoms with Gasteiger partial charge in [-0.15, -0.1) is 0 Å². The Morgan fingerprint density at radius 1 is 1.00 bits per heavy atom. The van der Waals surface area contributed by atoms with Crippen LogP contribution in [0.1, 0.15) is 31.2 Å². The molecule has 26 heavy (non-hydrogen) atoms. The minimum absolute atomic E-state index is 0.0620. The zero-order valence-electron chi connectivity index (χ0n) is 15.9. The number of carbonyl (C=O) groups is 2. The van der Waals surface area contributed by atoms with Crippen molar-refractivity contribution in [3.63, 3.8) is 0 Å². The van der Waals surface area contributed by atoms with Gasteiger partial charge in [-0.2, -0.15) is 0 Å². The number of carbonyl (C=O) groups excluding carboxylic acids is 2. The van der Waals surface area contributed by atoms with Crippen molar-refractivity contribution in [2.24, 2.45) is 0 Å². The van der Waals surface area contributed by atoms with Crippen LogP contribution in [-0.4, -0.2) is 68.1 Å². The van der Waals surface area contributed by atoms with E-state index in [0.717, 1.165) is 63.1 Å². The third-order valence-corrected chi connectivity index (χ3v) is 5.32. The minimum Gasteiger partial charge on any atom is -0.378 e. The molecule has 0 radical (unpaired) electrons. The number of nitrogens with one attached hydrogen (secondary N) is 1. The minimum atomic E-state index is 0.0620. The van der Waals surface area contributed by atoms with E-state index in [9.17, 15) is 9.59 Å². The van der Waals surface area contributed by atoms with Crippen molar-refractivity contribution in [3.05, 3.63) is 29.8 Å². The van der Waals surface area contributed by atoms with Gasteiger partial charge in [0.1, 0.15) is 0 Å². The number of urea groups is 1. The third-order valence-electron chi connectivity index (χ3n) is 5.32. The van der Waals surface area contributed by atoms with Crippen LogP contribution in [0.25, 0.3) is 0 Å². The van der Waals surface area contributed by atoms with Crippen LogP contribution in [0, 0.1) is 0 Å². The van der Waals surface area contributed by atoms with Crippen LogP contribution in [0.2, 0.25) is 0 Å². The van der Waals surface area contributed by atoms with Gasteiger partial charge in [-0.1, -0.05) is 12.1 Å². The van der Waals surface area contributed by atoms with Crippen LogP contribution in [0.15, 0.2) is 24.3 Å². The number of nitrogens with zero attached hydrogens (tertiary/aromatic N) is 3. The molecule has 2 aliphatic heterocycles. The van der Waals surface area contributed by atoms with Crippen LogP contribution in [0.4, 0.5) is 10.5 Å². The lowest BCUT2D eigenvalue weighted by atomic mass is 10.0. The Labute approximate surface area is 156 Å². The Morgan fingerprint density at radius 2 is 1.58 bits per heavy atom. The summed E-state index contributed by atoms with van der Waals surface area (Å²) in [4.78, 5) is 30.7. The highest BCUT2D eigenvalue weighted by molar-refractivity contribution is 5.79. The molecule has 1 aromatic carbocycles. The zero-order chi connectivity index (χ0) is 18.5. The fourth-order valence-corrected chi connectivity index (χ4v) is 3.70. The molecule has 1 aromatic rings. The van der Waals surface area contributed by atoms with E-state index in [1.54, 1.807) is 0 Å². The Balaban J connectivity index is 1.42. The van der Waals surface area contributed by atoms with E-state index >= 15 is 0 Å². The van der Waals surface area contributed by atoms with Gasteiger partial charge in [-0.05, 0) is 43.4 Å². The summed E-state index contributed by atoms with van der Waals surface area (Å²) in [6.07, 6.45) is 4.32. The van der Waals surface area contributed by atoms with Crippen molar-refractivity contribution < 1.29 is 9.59 Å². The molecule has 0 saturated carbocycles. The Bertz CT molecular complexity index is 615. The molecular formula is C20H30N4O2. The number of amides is 3. The SMILES string of the molecule is CN(C)c1ccc(CC(=O)NC2CCN(C(=O)N3CCCC3)CC2)cc1. The maximum Gasteiger partial charge on any atom is 0.319 e. The van der Waals surface area contributed by atoms with E-state index in [-0.39, 0.29) is 18.0 Å². The topological polar surface area (TPSA) is 55.9 Å². The molecule has 2 aliphatic rings. The molecule has 142 valence electrons. The fraction of sp³-hybridized carbons (Fsp3) is 0.600. The normalized spacial score (nSPS) is 18.1. The summed E-state index contributed by atoms with van der Waals surface area (Å²) >= 11 is 0. The van der Waals surface area contributed by atoms with Crippen molar-refractivity contribution in [3.8, 4) is 0 Å². The average Bonchev–Trinajstić information content (AvgIpc) is 3.17. The van der Waals surface area contributed by atoms with E-state index in [0.29, 0.717) is 6.42 Å². The monoisotopic (exact) mass is 358 g/mol. The summed E-state index contributed by atoms with van der Waals surface area (Å²) in [7, 11) is 4.01. The molecule has 2 saturated heterocycles. The molecule has 2 fully saturated rings. The number of benzene rings is 1. The summed E-state index contributed by atoms with van der Waals surface area (Å²) in [6.45, 7) is 3.25. The van der Waals surface area contributed by atoms with Crippen molar-refractivity contribution in [2.45, 2.75) is 38.1 Å². The molecule has 0 aliphatic carbocycles. The zero-order valence-corrected chi connectivity index (χ0v) is 15.9. The lowest BCUT2D eigenvalue weighted by Crippen LogP contribution is -2.50. The lowest BCUT2D eigenvalue weighted by Gasteiger charge is -2.34. The number of hydrogen-bond acceptors (Lipinski definition) is 3. The van der Waals surface area contributed by atoms with Crippen molar-refractivity contribution in [1.82, 2.24) is 15.1 Å². The number of likely N-dealkylation sites (tertiary alicyclic amines) is 2. The summed E-state index contributed by atoms with van der Waals surface area (Å²) in [5, 5.41) is 3.13. The van der Waals surface area contributed by atoms with E-state index in [1.807, 2.05) is 53.1 Å². The highest BCUT2D eigenvalue weighted by Crippen LogP contribution is 2.17. The largest absolute Gasteiger partial charge is 0.378 e. The second-order valence-corrected chi connectivity index (χ2v) is 7.54. The molecule has 3 rings (SSSR count). The van der Waals surface area contributed by atoms with Crippen LogP contribution in [-0.2, 0) is 11.2 Å². The van der Waals surface area contributed by atoms with Crippen molar-refractivity contribution >= 4 is 17.6 Å².